The van der Waals surface area contributed by atoms with Gasteiger partial charge in [0.1, 0.15) is 0 Å². The number of ether oxygens (including phenoxy) is 2. The van der Waals surface area contributed by atoms with Gasteiger partial charge in [-0.05, 0) is 16.7 Å². The summed E-state index contributed by atoms with van der Waals surface area (Å²) in [6.07, 6.45) is 2.23. The van der Waals surface area contributed by atoms with E-state index in [2.05, 4.69) is 0 Å². The highest BCUT2D eigenvalue weighted by atomic mass is 16.5. The van der Waals surface area contributed by atoms with Gasteiger partial charge in [-0.1, -0.05) is 66.7 Å². The second-order valence-electron chi connectivity index (χ2n) is 6.08. The van der Waals surface area contributed by atoms with Gasteiger partial charge in [-0.2, -0.15) is 0 Å². The topological polar surface area (TPSA) is 52.6 Å². The molecule has 0 saturated heterocycles. The molecule has 0 saturated carbocycles. The molecule has 1 aliphatic rings. The second kappa shape index (κ2) is 6.93. The van der Waals surface area contributed by atoms with E-state index < -0.39 is 23.3 Å². The minimum absolute atomic E-state index is 0.246. The van der Waals surface area contributed by atoms with E-state index in [-0.39, 0.29) is 6.42 Å². The predicted molar refractivity (Wildman–Crippen MR) is 94.7 cm³/mol. The lowest BCUT2D eigenvalue weighted by molar-refractivity contribution is -0.169. The van der Waals surface area contributed by atoms with Crippen LogP contribution in [0.1, 0.15) is 23.5 Å². The van der Waals surface area contributed by atoms with Crippen LogP contribution >= 0.6 is 0 Å². The largest absolute Gasteiger partial charge is 0.468 e. The highest BCUT2D eigenvalue weighted by Gasteiger charge is 2.57. The van der Waals surface area contributed by atoms with E-state index >= 15 is 0 Å². The molecule has 1 aliphatic carbocycles. The first kappa shape index (κ1) is 17.0. The summed E-state index contributed by atoms with van der Waals surface area (Å²) in [5, 5.41) is 0. The molecule has 2 aromatic rings. The molecule has 4 heteroatoms. The van der Waals surface area contributed by atoms with Crippen molar-refractivity contribution in [2.75, 3.05) is 14.2 Å². The molecule has 2 aromatic carbocycles. The Bertz CT molecular complexity index is 777. The first-order valence-electron chi connectivity index (χ1n) is 8.11. The number of hydrogen-bond acceptors (Lipinski definition) is 4. The Balaban J connectivity index is 2.16. The zero-order valence-corrected chi connectivity index (χ0v) is 14.3. The van der Waals surface area contributed by atoms with E-state index in [1.165, 1.54) is 14.2 Å². The van der Waals surface area contributed by atoms with Crippen LogP contribution in [0.5, 0.6) is 0 Å². The lowest BCUT2D eigenvalue weighted by Gasteiger charge is -2.30. The molecule has 128 valence electrons. The van der Waals surface area contributed by atoms with Gasteiger partial charge in [0.2, 0.25) is 0 Å². The molecule has 0 aliphatic heterocycles. The second-order valence-corrected chi connectivity index (χ2v) is 6.08. The van der Waals surface area contributed by atoms with Crippen LogP contribution in [0.4, 0.5) is 0 Å². The molecule has 0 unspecified atom stereocenters. The van der Waals surface area contributed by atoms with Gasteiger partial charge >= 0.3 is 11.9 Å². The van der Waals surface area contributed by atoms with Crippen molar-refractivity contribution >= 4 is 17.5 Å². The summed E-state index contributed by atoms with van der Waals surface area (Å²) in [5.41, 5.74) is 1.39. The van der Waals surface area contributed by atoms with Gasteiger partial charge in [0, 0.05) is 12.3 Å². The smallest absolute Gasteiger partial charge is 0.324 e. The summed E-state index contributed by atoms with van der Waals surface area (Å²) in [5.74, 6) is -1.59. The number of allylic oxidation sites excluding steroid dienone is 2. The van der Waals surface area contributed by atoms with Crippen LogP contribution in [0.3, 0.4) is 0 Å². The van der Waals surface area contributed by atoms with Gasteiger partial charge in [-0.25, -0.2) is 0 Å². The van der Waals surface area contributed by atoms with Crippen molar-refractivity contribution < 1.29 is 19.1 Å². The number of carbonyl (C=O) groups excluding carboxylic acids is 2. The molecule has 0 fully saturated rings. The lowest BCUT2D eigenvalue weighted by Crippen LogP contribution is -2.43. The Morgan fingerprint density at radius 2 is 1.40 bits per heavy atom. The predicted octanol–water partition coefficient (Wildman–Crippen LogP) is 3.59. The maximum atomic E-state index is 12.7. The average Bonchev–Trinajstić information content (AvgIpc) is 3.10. The minimum Gasteiger partial charge on any atom is -0.468 e. The van der Waals surface area contributed by atoms with Crippen molar-refractivity contribution in [1.29, 1.82) is 0 Å². The van der Waals surface area contributed by atoms with Crippen LogP contribution in [0, 0.1) is 5.41 Å². The lowest BCUT2D eigenvalue weighted by atomic mass is 9.73. The molecule has 0 aromatic heterocycles. The number of esters is 2. The zero-order valence-electron chi connectivity index (χ0n) is 14.3. The number of carbonyl (C=O) groups is 2. The van der Waals surface area contributed by atoms with E-state index in [0.29, 0.717) is 0 Å². The van der Waals surface area contributed by atoms with Gasteiger partial charge in [0.25, 0.3) is 0 Å². The van der Waals surface area contributed by atoms with Crippen molar-refractivity contribution in [2.45, 2.75) is 12.3 Å². The quantitative estimate of drug-likeness (QED) is 0.632. The maximum Gasteiger partial charge on any atom is 0.324 e. The third-order valence-corrected chi connectivity index (χ3v) is 4.77. The summed E-state index contributed by atoms with van der Waals surface area (Å²) in [4.78, 5) is 25.5. The molecule has 0 radical (unpaired) electrons. The van der Waals surface area contributed by atoms with Crippen molar-refractivity contribution in [3.05, 3.63) is 77.9 Å². The van der Waals surface area contributed by atoms with Crippen LogP contribution in [-0.2, 0) is 19.1 Å². The zero-order chi connectivity index (χ0) is 17.9. The Morgan fingerprint density at radius 3 is 1.92 bits per heavy atom. The first-order valence-corrected chi connectivity index (χ1v) is 8.11. The Kier molecular flexibility index (Phi) is 4.70. The van der Waals surface area contributed by atoms with Gasteiger partial charge in [0.05, 0.1) is 14.2 Å². The van der Waals surface area contributed by atoms with E-state index in [9.17, 15) is 9.59 Å². The normalized spacial score (nSPS) is 18.3. The summed E-state index contributed by atoms with van der Waals surface area (Å²) in [7, 11) is 2.60. The number of rotatable bonds is 4. The van der Waals surface area contributed by atoms with Crippen molar-refractivity contribution in [1.82, 2.24) is 0 Å². The fourth-order valence-electron chi connectivity index (χ4n) is 3.55. The summed E-state index contributed by atoms with van der Waals surface area (Å²) in [6, 6.07) is 19.3. The molecule has 3 rings (SSSR count). The standard InChI is InChI=1S/C21H20O4/c1-24-19(22)21(20(23)25-2)14-17(15-9-5-3-6-10-15)13-18(21)16-11-7-4-8-12-16/h3-13,18H,14H2,1-2H3/t18-/m0/s1. The third kappa shape index (κ3) is 2.84. The molecule has 0 N–H and O–H groups in total. The minimum atomic E-state index is -1.41. The van der Waals surface area contributed by atoms with Crippen LogP contribution in [0.25, 0.3) is 5.57 Å². The van der Waals surface area contributed by atoms with Crippen molar-refractivity contribution in [3.8, 4) is 0 Å². The van der Waals surface area contributed by atoms with Crippen LogP contribution in [0.15, 0.2) is 66.7 Å². The first-order chi connectivity index (χ1) is 12.1. The monoisotopic (exact) mass is 336 g/mol. The Labute approximate surface area is 147 Å². The van der Waals surface area contributed by atoms with Crippen molar-refractivity contribution in [2.24, 2.45) is 5.41 Å². The summed E-state index contributed by atoms with van der Waals surface area (Å²) < 4.78 is 10.0. The van der Waals surface area contributed by atoms with Gasteiger partial charge in [0.15, 0.2) is 5.41 Å². The molecule has 1 atom stereocenters. The third-order valence-electron chi connectivity index (χ3n) is 4.77. The van der Waals surface area contributed by atoms with Gasteiger partial charge < -0.3 is 9.47 Å². The maximum absolute atomic E-state index is 12.7. The van der Waals surface area contributed by atoms with Crippen LogP contribution < -0.4 is 0 Å². The molecule has 0 heterocycles. The van der Waals surface area contributed by atoms with E-state index in [0.717, 1.165) is 16.7 Å². The molecule has 0 spiro atoms. The molecule has 0 bridgehead atoms. The SMILES string of the molecule is COC(=O)C1(C(=O)OC)CC(c2ccccc2)=C[C@H]1c1ccccc1. The molecular formula is C21H20O4. The van der Waals surface area contributed by atoms with Crippen LogP contribution in [-0.4, -0.2) is 26.2 Å². The summed E-state index contributed by atoms with van der Waals surface area (Å²) in [6.45, 7) is 0. The number of benzene rings is 2. The molecule has 4 nitrogen and oxygen atoms in total. The average molecular weight is 336 g/mol. The van der Waals surface area contributed by atoms with Crippen molar-refractivity contribution in [3.63, 3.8) is 0 Å². The fraction of sp³-hybridized carbons (Fsp3) is 0.238. The Morgan fingerprint density at radius 1 is 0.880 bits per heavy atom. The summed E-state index contributed by atoms with van der Waals surface area (Å²) >= 11 is 0. The number of methoxy groups -OCH3 is 2. The van der Waals surface area contributed by atoms with E-state index in [4.69, 9.17) is 9.47 Å². The molecule has 0 amide bonds. The van der Waals surface area contributed by atoms with Gasteiger partial charge in [-0.15, -0.1) is 0 Å². The van der Waals surface area contributed by atoms with E-state index in [1.54, 1.807) is 0 Å². The molecule has 25 heavy (non-hydrogen) atoms. The van der Waals surface area contributed by atoms with E-state index in [1.807, 2.05) is 66.7 Å². The fourth-order valence-corrected chi connectivity index (χ4v) is 3.55. The highest BCUT2D eigenvalue weighted by Crippen LogP contribution is 2.52. The Hall–Kier alpha value is -2.88. The van der Waals surface area contributed by atoms with Crippen LogP contribution in [0.2, 0.25) is 0 Å². The molecular weight excluding hydrogens is 316 g/mol. The van der Waals surface area contributed by atoms with Gasteiger partial charge in [-0.3, -0.25) is 9.59 Å². The number of hydrogen-bond donors (Lipinski definition) is 0. The highest BCUT2D eigenvalue weighted by molar-refractivity contribution is 6.05.